The van der Waals surface area contributed by atoms with Crippen molar-refractivity contribution < 1.29 is 14.3 Å². The molecule has 1 saturated heterocycles. The fourth-order valence-corrected chi connectivity index (χ4v) is 2.22. The summed E-state index contributed by atoms with van der Waals surface area (Å²) in [6.45, 7) is 5.95. The highest BCUT2D eigenvalue weighted by Crippen LogP contribution is 2.08. The number of nitrogens with zero attached hydrogens (tertiary/aromatic N) is 1. The molecule has 1 N–H and O–H groups in total. The molecule has 0 amide bonds. The minimum absolute atomic E-state index is 0.137. The van der Waals surface area contributed by atoms with E-state index in [1.807, 2.05) is 30.3 Å². The van der Waals surface area contributed by atoms with Crippen LogP contribution < -0.4 is 10.1 Å². The standard InChI is InChI=1S/C16H24N2O3/c19-16(21-14-12-18-10-8-17-9-11-18)7-4-13-20-15-5-2-1-3-6-15/h1-3,5-6,17H,4,7-14H2. The molecule has 1 fully saturated rings. The predicted octanol–water partition coefficient (Wildman–Crippen LogP) is 1.29. The molecule has 2 rings (SSSR count). The normalized spacial score (nSPS) is 15.6. The van der Waals surface area contributed by atoms with Crippen LogP contribution in [-0.4, -0.2) is 56.8 Å². The summed E-state index contributed by atoms with van der Waals surface area (Å²) >= 11 is 0. The Labute approximate surface area is 126 Å². The maximum Gasteiger partial charge on any atom is 0.305 e. The Balaban J connectivity index is 1.47. The van der Waals surface area contributed by atoms with Gasteiger partial charge in [0.05, 0.1) is 6.61 Å². The van der Waals surface area contributed by atoms with E-state index in [0.717, 1.165) is 38.5 Å². The third-order valence-corrected chi connectivity index (χ3v) is 3.42. The van der Waals surface area contributed by atoms with Gasteiger partial charge in [0.15, 0.2) is 0 Å². The van der Waals surface area contributed by atoms with Crippen LogP contribution in [0.4, 0.5) is 0 Å². The average molecular weight is 292 g/mol. The SMILES string of the molecule is O=C(CCCOc1ccccc1)OCCN1CCNCC1. The molecule has 0 aromatic heterocycles. The van der Waals surface area contributed by atoms with Crippen molar-refractivity contribution in [2.24, 2.45) is 0 Å². The molecule has 5 heteroatoms. The van der Waals surface area contributed by atoms with Crippen LogP contribution in [-0.2, 0) is 9.53 Å². The van der Waals surface area contributed by atoms with Crippen molar-refractivity contribution in [3.63, 3.8) is 0 Å². The second-order valence-electron chi connectivity index (χ2n) is 5.08. The van der Waals surface area contributed by atoms with Crippen LogP contribution in [0.5, 0.6) is 5.75 Å². The third kappa shape index (κ3) is 6.60. The molecule has 21 heavy (non-hydrogen) atoms. The smallest absolute Gasteiger partial charge is 0.305 e. The Morgan fingerprint density at radius 3 is 2.67 bits per heavy atom. The van der Waals surface area contributed by atoms with Gasteiger partial charge < -0.3 is 14.8 Å². The molecule has 1 aliphatic rings. The van der Waals surface area contributed by atoms with Gasteiger partial charge in [-0.05, 0) is 18.6 Å². The lowest BCUT2D eigenvalue weighted by Gasteiger charge is -2.26. The second-order valence-corrected chi connectivity index (χ2v) is 5.08. The number of piperazine rings is 1. The Bertz CT molecular complexity index is 405. The Hall–Kier alpha value is -1.59. The number of nitrogens with one attached hydrogen (secondary N) is 1. The molecule has 1 aromatic rings. The number of esters is 1. The van der Waals surface area contributed by atoms with E-state index in [1.54, 1.807) is 0 Å². The summed E-state index contributed by atoms with van der Waals surface area (Å²) in [6.07, 6.45) is 1.09. The number of rotatable bonds is 8. The van der Waals surface area contributed by atoms with Crippen molar-refractivity contribution in [3.8, 4) is 5.75 Å². The van der Waals surface area contributed by atoms with Gasteiger partial charge in [-0.3, -0.25) is 9.69 Å². The molecule has 0 radical (unpaired) electrons. The molecule has 0 aliphatic carbocycles. The maximum absolute atomic E-state index is 11.6. The zero-order valence-corrected chi connectivity index (χ0v) is 12.4. The number of carbonyl (C=O) groups excluding carboxylic acids is 1. The van der Waals surface area contributed by atoms with Crippen molar-refractivity contribution in [1.29, 1.82) is 0 Å². The summed E-state index contributed by atoms with van der Waals surface area (Å²) in [5.41, 5.74) is 0. The third-order valence-electron chi connectivity index (χ3n) is 3.42. The van der Waals surface area contributed by atoms with Crippen molar-refractivity contribution in [1.82, 2.24) is 10.2 Å². The molecular weight excluding hydrogens is 268 g/mol. The van der Waals surface area contributed by atoms with E-state index < -0.39 is 0 Å². The molecule has 0 atom stereocenters. The summed E-state index contributed by atoms with van der Waals surface area (Å²) in [4.78, 5) is 13.9. The van der Waals surface area contributed by atoms with Crippen molar-refractivity contribution in [2.45, 2.75) is 12.8 Å². The van der Waals surface area contributed by atoms with E-state index in [9.17, 15) is 4.79 Å². The van der Waals surface area contributed by atoms with Gasteiger partial charge in [0.2, 0.25) is 0 Å². The molecule has 1 aromatic carbocycles. The summed E-state index contributed by atoms with van der Waals surface area (Å²) in [5.74, 6) is 0.700. The number of para-hydroxylation sites is 1. The molecule has 0 spiro atoms. The molecule has 0 bridgehead atoms. The lowest BCUT2D eigenvalue weighted by atomic mass is 10.3. The molecule has 5 nitrogen and oxygen atoms in total. The molecule has 1 aliphatic heterocycles. The minimum atomic E-state index is -0.137. The first-order valence-electron chi connectivity index (χ1n) is 7.61. The Morgan fingerprint density at radius 1 is 1.14 bits per heavy atom. The maximum atomic E-state index is 11.6. The number of hydrogen-bond acceptors (Lipinski definition) is 5. The monoisotopic (exact) mass is 292 g/mol. The van der Waals surface area contributed by atoms with Crippen LogP contribution in [0.3, 0.4) is 0 Å². The van der Waals surface area contributed by atoms with E-state index in [1.165, 1.54) is 0 Å². The summed E-state index contributed by atoms with van der Waals surface area (Å²) < 4.78 is 10.8. The summed E-state index contributed by atoms with van der Waals surface area (Å²) in [5, 5.41) is 3.30. The van der Waals surface area contributed by atoms with E-state index >= 15 is 0 Å². The summed E-state index contributed by atoms with van der Waals surface area (Å²) in [6, 6.07) is 9.62. The first-order chi connectivity index (χ1) is 10.3. The van der Waals surface area contributed by atoms with Crippen LogP contribution in [0.1, 0.15) is 12.8 Å². The van der Waals surface area contributed by atoms with E-state index in [0.29, 0.717) is 26.1 Å². The first-order valence-corrected chi connectivity index (χ1v) is 7.61. The summed E-state index contributed by atoms with van der Waals surface area (Å²) in [7, 11) is 0. The van der Waals surface area contributed by atoms with Gasteiger partial charge in [0.25, 0.3) is 0 Å². The number of ether oxygens (including phenoxy) is 2. The van der Waals surface area contributed by atoms with Crippen molar-refractivity contribution >= 4 is 5.97 Å². The molecule has 116 valence electrons. The van der Waals surface area contributed by atoms with Gasteiger partial charge in [0.1, 0.15) is 12.4 Å². The lowest BCUT2D eigenvalue weighted by Crippen LogP contribution is -2.44. The number of carbonyl (C=O) groups is 1. The molecule has 1 heterocycles. The number of hydrogen-bond donors (Lipinski definition) is 1. The Morgan fingerprint density at radius 2 is 1.90 bits per heavy atom. The highest BCUT2D eigenvalue weighted by molar-refractivity contribution is 5.69. The van der Waals surface area contributed by atoms with E-state index in [4.69, 9.17) is 9.47 Å². The zero-order chi connectivity index (χ0) is 14.8. The van der Waals surface area contributed by atoms with Crippen molar-refractivity contribution in [3.05, 3.63) is 30.3 Å². The highest BCUT2D eigenvalue weighted by Gasteiger charge is 2.10. The number of benzene rings is 1. The van der Waals surface area contributed by atoms with E-state index in [-0.39, 0.29) is 5.97 Å². The van der Waals surface area contributed by atoms with Gasteiger partial charge in [-0.15, -0.1) is 0 Å². The fraction of sp³-hybridized carbons (Fsp3) is 0.562. The Kier molecular flexibility index (Phi) is 7.04. The first kappa shape index (κ1) is 15.8. The zero-order valence-electron chi connectivity index (χ0n) is 12.4. The van der Waals surface area contributed by atoms with Crippen molar-refractivity contribution in [2.75, 3.05) is 45.9 Å². The molecule has 0 unspecified atom stereocenters. The van der Waals surface area contributed by atoms with Crippen LogP contribution in [0.2, 0.25) is 0 Å². The largest absolute Gasteiger partial charge is 0.494 e. The lowest BCUT2D eigenvalue weighted by molar-refractivity contribution is -0.144. The van der Waals surface area contributed by atoms with Gasteiger partial charge in [-0.25, -0.2) is 0 Å². The topological polar surface area (TPSA) is 50.8 Å². The average Bonchev–Trinajstić information content (AvgIpc) is 2.54. The highest BCUT2D eigenvalue weighted by atomic mass is 16.5. The fourth-order valence-electron chi connectivity index (χ4n) is 2.22. The van der Waals surface area contributed by atoms with Crippen LogP contribution in [0.25, 0.3) is 0 Å². The molecule has 0 saturated carbocycles. The molecular formula is C16H24N2O3. The van der Waals surface area contributed by atoms with Gasteiger partial charge in [0, 0.05) is 39.1 Å². The van der Waals surface area contributed by atoms with Gasteiger partial charge in [-0.1, -0.05) is 18.2 Å². The van der Waals surface area contributed by atoms with Crippen LogP contribution in [0.15, 0.2) is 30.3 Å². The van der Waals surface area contributed by atoms with Gasteiger partial charge in [-0.2, -0.15) is 0 Å². The second kappa shape index (κ2) is 9.37. The predicted molar refractivity (Wildman–Crippen MR) is 81.4 cm³/mol. The minimum Gasteiger partial charge on any atom is -0.494 e. The van der Waals surface area contributed by atoms with Crippen LogP contribution >= 0.6 is 0 Å². The quantitative estimate of drug-likeness (QED) is 0.578. The van der Waals surface area contributed by atoms with E-state index in [2.05, 4.69) is 10.2 Å². The van der Waals surface area contributed by atoms with Crippen LogP contribution in [0, 0.1) is 0 Å². The van der Waals surface area contributed by atoms with Gasteiger partial charge >= 0.3 is 5.97 Å².